The summed E-state index contributed by atoms with van der Waals surface area (Å²) in [6, 6.07) is 4.68. The number of methoxy groups -OCH3 is 1. The normalized spacial score (nSPS) is 11.4. The van der Waals surface area contributed by atoms with Crippen LogP contribution in [0.4, 0.5) is 0 Å². The fourth-order valence-corrected chi connectivity index (χ4v) is 3.83. The lowest BCUT2D eigenvalue weighted by Crippen LogP contribution is -2.25. The molecule has 1 aromatic carbocycles. The number of hydrogen-bond donors (Lipinski definition) is 0. The van der Waals surface area contributed by atoms with Gasteiger partial charge in [0.25, 0.3) is 0 Å². The molecule has 0 amide bonds. The van der Waals surface area contributed by atoms with E-state index in [-0.39, 0.29) is 5.41 Å². The average molecular weight is 315 g/mol. The van der Waals surface area contributed by atoms with Gasteiger partial charge >= 0.3 is 0 Å². The molecule has 0 fully saturated rings. The SMILES string of the molecule is C=C=Cc1cc(C(CC)CC)cc(C(CC)(CC)CC)c1OC. The molecule has 1 heteroatoms. The van der Waals surface area contributed by atoms with Crippen molar-refractivity contribution in [2.75, 3.05) is 7.11 Å². The molecule has 0 aliphatic carbocycles. The van der Waals surface area contributed by atoms with Gasteiger partial charge in [-0.1, -0.05) is 47.3 Å². The maximum Gasteiger partial charge on any atom is 0.130 e. The number of hydrogen-bond acceptors (Lipinski definition) is 1. The Labute approximate surface area is 143 Å². The predicted octanol–water partition coefficient (Wildman–Crippen LogP) is 6.86. The molecule has 0 unspecified atom stereocenters. The minimum atomic E-state index is 0.178. The van der Waals surface area contributed by atoms with E-state index in [9.17, 15) is 0 Å². The lowest BCUT2D eigenvalue weighted by atomic mass is 9.71. The van der Waals surface area contributed by atoms with Crippen molar-refractivity contribution in [3.63, 3.8) is 0 Å². The van der Waals surface area contributed by atoms with Gasteiger partial charge in [0.2, 0.25) is 0 Å². The summed E-state index contributed by atoms with van der Waals surface area (Å²) in [5.41, 5.74) is 7.01. The second kappa shape index (κ2) is 8.99. The Morgan fingerprint density at radius 3 is 2.04 bits per heavy atom. The van der Waals surface area contributed by atoms with Gasteiger partial charge in [-0.25, -0.2) is 0 Å². The summed E-state index contributed by atoms with van der Waals surface area (Å²) in [6.45, 7) is 15.2. The third kappa shape index (κ3) is 3.90. The Morgan fingerprint density at radius 2 is 1.65 bits per heavy atom. The molecular formula is C22H34O. The highest BCUT2D eigenvalue weighted by molar-refractivity contribution is 5.63. The Morgan fingerprint density at radius 1 is 1.09 bits per heavy atom. The van der Waals surface area contributed by atoms with Crippen LogP contribution in [-0.4, -0.2) is 7.11 Å². The van der Waals surface area contributed by atoms with E-state index in [1.54, 1.807) is 7.11 Å². The highest BCUT2D eigenvalue weighted by Gasteiger charge is 2.31. The minimum absolute atomic E-state index is 0.178. The Hall–Kier alpha value is -1.46. The van der Waals surface area contributed by atoms with Crippen LogP contribution in [0.1, 0.15) is 89.3 Å². The average Bonchev–Trinajstić information content (AvgIpc) is 2.58. The first-order valence-electron chi connectivity index (χ1n) is 9.15. The van der Waals surface area contributed by atoms with Gasteiger partial charge in [0.1, 0.15) is 5.75 Å². The van der Waals surface area contributed by atoms with Crippen LogP contribution in [0.2, 0.25) is 0 Å². The van der Waals surface area contributed by atoms with Gasteiger partial charge in [-0.05, 0) is 61.1 Å². The Kier molecular flexibility index (Phi) is 7.65. The monoisotopic (exact) mass is 314 g/mol. The zero-order chi connectivity index (χ0) is 17.5. The summed E-state index contributed by atoms with van der Waals surface area (Å²) in [6.07, 6.45) is 7.66. The molecule has 23 heavy (non-hydrogen) atoms. The third-order valence-corrected chi connectivity index (χ3v) is 5.66. The van der Waals surface area contributed by atoms with Gasteiger partial charge < -0.3 is 4.74 Å². The molecule has 0 aromatic heterocycles. The summed E-state index contributed by atoms with van der Waals surface area (Å²) in [4.78, 5) is 0. The Balaban J connectivity index is 3.73. The molecule has 0 atom stereocenters. The molecule has 1 aromatic rings. The first-order valence-corrected chi connectivity index (χ1v) is 9.15. The van der Waals surface area contributed by atoms with Gasteiger partial charge in [-0.3, -0.25) is 0 Å². The molecule has 0 N–H and O–H groups in total. The molecule has 0 bridgehead atoms. The van der Waals surface area contributed by atoms with E-state index in [1.807, 2.05) is 6.08 Å². The highest BCUT2D eigenvalue weighted by Crippen LogP contribution is 2.44. The van der Waals surface area contributed by atoms with Crippen LogP contribution in [0.3, 0.4) is 0 Å². The van der Waals surface area contributed by atoms with Crippen molar-refractivity contribution in [3.8, 4) is 5.75 Å². The summed E-state index contributed by atoms with van der Waals surface area (Å²) in [5, 5.41) is 0. The van der Waals surface area contributed by atoms with E-state index < -0.39 is 0 Å². The van der Waals surface area contributed by atoms with Crippen LogP contribution in [0.15, 0.2) is 24.4 Å². The van der Waals surface area contributed by atoms with Crippen molar-refractivity contribution >= 4 is 6.08 Å². The van der Waals surface area contributed by atoms with Gasteiger partial charge in [0, 0.05) is 11.1 Å². The molecule has 0 saturated carbocycles. The van der Waals surface area contributed by atoms with Crippen molar-refractivity contribution in [3.05, 3.63) is 41.1 Å². The summed E-state index contributed by atoms with van der Waals surface area (Å²) < 4.78 is 5.84. The quantitative estimate of drug-likeness (QED) is 0.452. The molecule has 0 heterocycles. The molecule has 0 radical (unpaired) electrons. The maximum atomic E-state index is 5.84. The van der Waals surface area contributed by atoms with Gasteiger partial charge in [0.15, 0.2) is 0 Å². The largest absolute Gasteiger partial charge is 0.496 e. The summed E-state index contributed by atoms with van der Waals surface area (Å²) in [5.74, 6) is 1.60. The van der Waals surface area contributed by atoms with E-state index in [0.29, 0.717) is 5.92 Å². The first kappa shape index (κ1) is 19.6. The van der Waals surface area contributed by atoms with Gasteiger partial charge in [0.05, 0.1) is 7.11 Å². The van der Waals surface area contributed by atoms with Crippen LogP contribution in [0.25, 0.3) is 6.08 Å². The maximum absolute atomic E-state index is 5.84. The van der Waals surface area contributed by atoms with E-state index >= 15 is 0 Å². The lowest BCUT2D eigenvalue weighted by Gasteiger charge is -2.34. The minimum Gasteiger partial charge on any atom is -0.496 e. The van der Waals surface area contributed by atoms with Crippen molar-refractivity contribution in [2.24, 2.45) is 0 Å². The molecule has 0 saturated heterocycles. The van der Waals surface area contributed by atoms with Crippen LogP contribution < -0.4 is 4.74 Å². The first-order chi connectivity index (χ1) is 11.1. The zero-order valence-corrected chi connectivity index (χ0v) is 16.0. The highest BCUT2D eigenvalue weighted by atomic mass is 16.5. The van der Waals surface area contributed by atoms with Crippen molar-refractivity contribution < 1.29 is 4.74 Å². The number of benzene rings is 1. The van der Waals surface area contributed by atoms with E-state index in [0.717, 1.165) is 43.4 Å². The zero-order valence-electron chi connectivity index (χ0n) is 16.0. The molecule has 0 aliphatic rings. The fraction of sp³-hybridized carbons (Fsp3) is 0.591. The smallest absolute Gasteiger partial charge is 0.130 e. The number of rotatable bonds is 9. The third-order valence-electron chi connectivity index (χ3n) is 5.66. The summed E-state index contributed by atoms with van der Waals surface area (Å²) in [7, 11) is 1.78. The Bertz CT molecular complexity index is 533. The van der Waals surface area contributed by atoms with E-state index in [1.165, 1.54) is 11.1 Å². The van der Waals surface area contributed by atoms with Crippen molar-refractivity contribution in [1.82, 2.24) is 0 Å². The topological polar surface area (TPSA) is 9.23 Å². The van der Waals surface area contributed by atoms with Gasteiger partial charge in [-0.15, -0.1) is 5.73 Å². The van der Waals surface area contributed by atoms with Crippen LogP contribution in [-0.2, 0) is 5.41 Å². The standard InChI is InChI=1S/C22H34O/c1-8-14-18-15-19(17(9-2)10-3)16-20(21(18)23-7)22(11-4,12-5)13-6/h14-17H,1,9-13H2,2-7H3. The lowest BCUT2D eigenvalue weighted by molar-refractivity contribution is 0.345. The molecule has 0 aliphatic heterocycles. The van der Waals surface area contributed by atoms with E-state index in [4.69, 9.17) is 4.74 Å². The van der Waals surface area contributed by atoms with Crippen LogP contribution >= 0.6 is 0 Å². The molecule has 1 nitrogen and oxygen atoms in total. The summed E-state index contributed by atoms with van der Waals surface area (Å²) >= 11 is 0. The predicted molar refractivity (Wildman–Crippen MR) is 102 cm³/mol. The molecule has 0 spiro atoms. The molecule has 1 rings (SSSR count). The second-order valence-electron chi connectivity index (χ2n) is 6.39. The van der Waals surface area contributed by atoms with Gasteiger partial charge in [-0.2, -0.15) is 0 Å². The van der Waals surface area contributed by atoms with Crippen molar-refractivity contribution in [1.29, 1.82) is 0 Å². The fourth-order valence-electron chi connectivity index (χ4n) is 3.83. The van der Waals surface area contributed by atoms with E-state index in [2.05, 4.69) is 59.1 Å². The molecule has 128 valence electrons. The number of ether oxygens (including phenoxy) is 1. The van der Waals surface area contributed by atoms with Crippen LogP contribution in [0.5, 0.6) is 5.75 Å². The second-order valence-corrected chi connectivity index (χ2v) is 6.39. The van der Waals surface area contributed by atoms with Crippen LogP contribution in [0, 0.1) is 0 Å². The molecular weight excluding hydrogens is 280 g/mol. The van der Waals surface area contributed by atoms with Crippen molar-refractivity contribution in [2.45, 2.75) is 78.1 Å².